The molecule has 0 rings (SSSR count). The molecule has 0 bridgehead atoms. The van der Waals surface area contributed by atoms with Crippen LogP contribution in [0, 0.1) is 11.8 Å². The van der Waals surface area contributed by atoms with Crippen LogP contribution in [0.5, 0.6) is 0 Å². The summed E-state index contributed by atoms with van der Waals surface area (Å²) in [6.07, 6.45) is 2.73. The molecule has 3 atom stereocenters. The van der Waals surface area contributed by atoms with Crippen LogP contribution in [-0.2, 0) is 4.74 Å². The molecule has 0 spiro atoms. The van der Waals surface area contributed by atoms with Crippen LogP contribution in [0.3, 0.4) is 0 Å². The molecule has 0 aromatic rings. The zero-order chi connectivity index (χ0) is 12.6. The molecule has 0 amide bonds. The quantitative estimate of drug-likeness (QED) is 0.654. The SMILES string of the molecule is CCCNC(C(C)CC)C(OCC)C(C)C. The number of nitrogens with one attached hydrogen (secondary N) is 1. The average Bonchev–Trinajstić information content (AvgIpc) is 2.27. The maximum absolute atomic E-state index is 5.92. The Hall–Kier alpha value is -0.0800. The third-order valence-corrected chi connectivity index (χ3v) is 3.26. The van der Waals surface area contributed by atoms with Crippen molar-refractivity contribution in [1.82, 2.24) is 5.32 Å². The van der Waals surface area contributed by atoms with E-state index in [2.05, 4.69) is 46.9 Å². The minimum atomic E-state index is 0.339. The number of ether oxygens (including phenoxy) is 1. The van der Waals surface area contributed by atoms with Gasteiger partial charge in [-0.1, -0.05) is 41.0 Å². The van der Waals surface area contributed by atoms with E-state index in [1.807, 2.05) is 0 Å². The van der Waals surface area contributed by atoms with E-state index in [-0.39, 0.29) is 0 Å². The van der Waals surface area contributed by atoms with Crippen molar-refractivity contribution in [2.75, 3.05) is 13.2 Å². The summed E-state index contributed by atoms with van der Waals surface area (Å²) in [7, 11) is 0. The lowest BCUT2D eigenvalue weighted by atomic mass is 9.88. The monoisotopic (exact) mass is 229 g/mol. The molecular weight excluding hydrogens is 198 g/mol. The lowest BCUT2D eigenvalue weighted by Gasteiger charge is -2.34. The van der Waals surface area contributed by atoms with Crippen molar-refractivity contribution in [3.63, 3.8) is 0 Å². The van der Waals surface area contributed by atoms with Gasteiger partial charge >= 0.3 is 0 Å². The molecule has 3 unspecified atom stereocenters. The zero-order valence-electron chi connectivity index (χ0n) is 12.0. The first-order valence-corrected chi connectivity index (χ1v) is 6.93. The highest BCUT2D eigenvalue weighted by Crippen LogP contribution is 2.20. The molecule has 0 aliphatic carbocycles. The highest BCUT2D eigenvalue weighted by atomic mass is 16.5. The van der Waals surface area contributed by atoms with E-state index < -0.39 is 0 Å². The molecule has 0 saturated heterocycles. The molecule has 2 heteroatoms. The highest BCUT2D eigenvalue weighted by Gasteiger charge is 2.28. The minimum Gasteiger partial charge on any atom is -0.377 e. The molecule has 16 heavy (non-hydrogen) atoms. The summed E-state index contributed by atoms with van der Waals surface area (Å²) in [4.78, 5) is 0. The molecule has 0 saturated carbocycles. The van der Waals surface area contributed by atoms with Gasteiger partial charge in [0.25, 0.3) is 0 Å². The first-order valence-electron chi connectivity index (χ1n) is 6.93. The van der Waals surface area contributed by atoms with Gasteiger partial charge in [-0.15, -0.1) is 0 Å². The van der Waals surface area contributed by atoms with Gasteiger partial charge in [0.15, 0.2) is 0 Å². The zero-order valence-corrected chi connectivity index (χ0v) is 12.0. The highest BCUT2D eigenvalue weighted by molar-refractivity contribution is 4.83. The molecule has 0 fully saturated rings. The van der Waals surface area contributed by atoms with Crippen molar-refractivity contribution in [1.29, 1.82) is 0 Å². The molecule has 2 nitrogen and oxygen atoms in total. The lowest BCUT2D eigenvalue weighted by Crippen LogP contribution is -2.48. The molecule has 0 aromatic heterocycles. The maximum Gasteiger partial charge on any atom is 0.0753 e. The standard InChI is InChI=1S/C14H31NO/c1-7-10-15-13(12(6)8-2)14(11(4)5)16-9-3/h11-15H,7-10H2,1-6H3. The van der Waals surface area contributed by atoms with Gasteiger partial charge in [0, 0.05) is 12.6 Å². The second-order valence-electron chi connectivity index (χ2n) is 5.03. The summed E-state index contributed by atoms with van der Waals surface area (Å²) < 4.78 is 5.92. The summed E-state index contributed by atoms with van der Waals surface area (Å²) in [5.74, 6) is 1.24. The molecule has 0 radical (unpaired) electrons. The van der Waals surface area contributed by atoms with E-state index in [1.165, 1.54) is 12.8 Å². The van der Waals surface area contributed by atoms with Crippen LogP contribution in [0.25, 0.3) is 0 Å². The van der Waals surface area contributed by atoms with Gasteiger partial charge in [0.2, 0.25) is 0 Å². The lowest BCUT2D eigenvalue weighted by molar-refractivity contribution is -0.0103. The smallest absolute Gasteiger partial charge is 0.0753 e. The Morgan fingerprint density at radius 3 is 2.06 bits per heavy atom. The van der Waals surface area contributed by atoms with Crippen molar-refractivity contribution in [2.45, 2.75) is 66.5 Å². The second kappa shape index (κ2) is 9.00. The second-order valence-corrected chi connectivity index (χ2v) is 5.03. The Morgan fingerprint density at radius 1 is 1.06 bits per heavy atom. The van der Waals surface area contributed by atoms with Gasteiger partial charge in [-0.25, -0.2) is 0 Å². The van der Waals surface area contributed by atoms with E-state index >= 15 is 0 Å². The van der Waals surface area contributed by atoms with Crippen LogP contribution >= 0.6 is 0 Å². The van der Waals surface area contributed by atoms with Crippen LogP contribution in [0.1, 0.15) is 54.4 Å². The minimum absolute atomic E-state index is 0.339. The van der Waals surface area contributed by atoms with Gasteiger partial charge in [0.1, 0.15) is 0 Å². The fourth-order valence-electron chi connectivity index (χ4n) is 2.11. The molecule has 0 aliphatic heterocycles. The summed E-state index contributed by atoms with van der Waals surface area (Å²) in [6, 6.07) is 0.491. The van der Waals surface area contributed by atoms with Crippen LogP contribution in [-0.4, -0.2) is 25.3 Å². The molecule has 0 heterocycles. The van der Waals surface area contributed by atoms with Crippen LogP contribution in [0.2, 0.25) is 0 Å². The fraction of sp³-hybridized carbons (Fsp3) is 1.00. The van der Waals surface area contributed by atoms with Gasteiger partial charge in [0.05, 0.1) is 6.10 Å². The van der Waals surface area contributed by atoms with E-state index in [1.54, 1.807) is 0 Å². The predicted octanol–water partition coefficient (Wildman–Crippen LogP) is 3.46. The maximum atomic E-state index is 5.92. The Morgan fingerprint density at radius 2 is 1.69 bits per heavy atom. The summed E-state index contributed by atoms with van der Waals surface area (Å²) in [5, 5.41) is 3.66. The third-order valence-electron chi connectivity index (χ3n) is 3.26. The van der Waals surface area contributed by atoms with Crippen LogP contribution in [0.15, 0.2) is 0 Å². The normalized spacial score (nSPS) is 17.4. The molecule has 98 valence electrons. The van der Waals surface area contributed by atoms with Gasteiger partial charge in [-0.2, -0.15) is 0 Å². The molecular formula is C14H31NO. The average molecular weight is 229 g/mol. The summed E-state index contributed by atoms with van der Waals surface area (Å²) in [6.45, 7) is 15.3. The number of rotatable bonds is 9. The van der Waals surface area contributed by atoms with Crippen molar-refractivity contribution in [3.8, 4) is 0 Å². The van der Waals surface area contributed by atoms with Gasteiger partial charge in [-0.3, -0.25) is 0 Å². The van der Waals surface area contributed by atoms with E-state index in [4.69, 9.17) is 4.74 Å². The first kappa shape index (κ1) is 15.9. The first-order chi connectivity index (χ1) is 7.58. The van der Waals surface area contributed by atoms with Crippen LogP contribution < -0.4 is 5.32 Å². The van der Waals surface area contributed by atoms with Crippen LogP contribution in [0.4, 0.5) is 0 Å². The van der Waals surface area contributed by atoms with E-state index in [9.17, 15) is 0 Å². The van der Waals surface area contributed by atoms with Gasteiger partial charge < -0.3 is 10.1 Å². The van der Waals surface area contributed by atoms with Gasteiger partial charge in [-0.05, 0) is 31.7 Å². The number of hydrogen-bond acceptors (Lipinski definition) is 2. The largest absolute Gasteiger partial charge is 0.377 e. The van der Waals surface area contributed by atoms with E-state index in [0.29, 0.717) is 24.0 Å². The van der Waals surface area contributed by atoms with Crippen molar-refractivity contribution in [2.24, 2.45) is 11.8 Å². The Kier molecular flexibility index (Phi) is 8.96. The number of hydrogen-bond donors (Lipinski definition) is 1. The molecule has 0 aliphatic rings. The Bertz CT molecular complexity index is 159. The predicted molar refractivity (Wildman–Crippen MR) is 71.8 cm³/mol. The molecule has 0 aromatic carbocycles. The summed E-state index contributed by atoms with van der Waals surface area (Å²) >= 11 is 0. The van der Waals surface area contributed by atoms with Crippen molar-refractivity contribution < 1.29 is 4.74 Å². The Balaban J connectivity index is 4.52. The summed E-state index contributed by atoms with van der Waals surface area (Å²) in [5.41, 5.74) is 0. The third kappa shape index (κ3) is 5.31. The Labute approximate surface area is 102 Å². The van der Waals surface area contributed by atoms with E-state index in [0.717, 1.165) is 13.2 Å². The topological polar surface area (TPSA) is 21.3 Å². The molecule has 1 N–H and O–H groups in total. The fourth-order valence-corrected chi connectivity index (χ4v) is 2.11. The van der Waals surface area contributed by atoms with Crippen molar-refractivity contribution >= 4 is 0 Å². The van der Waals surface area contributed by atoms with Crippen molar-refractivity contribution in [3.05, 3.63) is 0 Å².